The summed E-state index contributed by atoms with van der Waals surface area (Å²) in [6.07, 6.45) is 0.719. The van der Waals surface area contributed by atoms with Crippen molar-refractivity contribution in [3.05, 3.63) is 22.2 Å². The Morgan fingerprint density at radius 3 is 2.71 bits per heavy atom. The van der Waals surface area contributed by atoms with E-state index in [0.29, 0.717) is 18.2 Å². The predicted molar refractivity (Wildman–Crippen MR) is 70.3 cm³/mol. The Balaban J connectivity index is 2.92. The highest BCUT2D eigenvalue weighted by Gasteiger charge is 2.19. The van der Waals surface area contributed by atoms with Gasteiger partial charge < -0.3 is 15.6 Å². The number of nitrogens with two attached hydrogens (primary N) is 1. The van der Waals surface area contributed by atoms with Crippen molar-refractivity contribution in [3.63, 3.8) is 0 Å². The van der Waals surface area contributed by atoms with Gasteiger partial charge in [0.05, 0.1) is 0 Å². The van der Waals surface area contributed by atoms with Gasteiger partial charge in [-0.15, -0.1) is 0 Å². The minimum Gasteiger partial charge on any atom is -0.359 e. The van der Waals surface area contributed by atoms with Gasteiger partial charge in [0.15, 0.2) is 0 Å². The van der Waals surface area contributed by atoms with Gasteiger partial charge in [0.25, 0.3) is 5.56 Å². The summed E-state index contributed by atoms with van der Waals surface area (Å²) < 4.78 is 0. The second kappa shape index (κ2) is 5.31. The third-order valence-corrected chi connectivity index (χ3v) is 2.72. The largest absolute Gasteiger partial charge is 0.359 e. The molecule has 0 saturated carbocycles. The number of aryl methyl sites for hydroxylation is 1. The summed E-state index contributed by atoms with van der Waals surface area (Å²) in [4.78, 5) is 20.5. The molecule has 0 unspecified atom stereocenters. The van der Waals surface area contributed by atoms with Gasteiger partial charge >= 0.3 is 0 Å². The number of aromatic amines is 1. The first-order valence-corrected chi connectivity index (χ1v) is 5.89. The standard InChI is InChI=1S/C12H22N4O/c1-5-9-14-10(6-11(17)15-9)16(4)8-12(2,3)7-13/h6H,5,7-8,13H2,1-4H3,(H,14,15,17). The fraction of sp³-hybridized carbons (Fsp3) is 0.667. The maximum absolute atomic E-state index is 11.5. The van der Waals surface area contributed by atoms with Crippen molar-refractivity contribution in [1.82, 2.24) is 9.97 Å². The molecule has 0 radical (unpaired) electrons. The van der Waals surface area contributed by atoms with Crippen molar-refractivity contribution in [2.75, 3.05) is 25.0 Å². The Bertz CT molecular complexity index is 425. The molecule has 0 saturated heterocycles. The minimum absolute atomic E-state index is 0.00537. The lowest BCUT2D eigenvalue weighted by atomic mass is 9.93. The third kappa shape index (κ3) is 3.85. The molecular formula is C12H22N4O. The van der Waals surface area contributed by atoms with Crippen LogP contribution in [0.25, 0.3) is 0 Å². The first kappa shape index (κ1) is 13.7. The van der Waals surface area contributed by atoms with E-state index in [2.05, 4.69) is 23.8 Å². The molecule has 5 heteroatoms. The molecule has 0 spiro atoms. The molecule has 0 bridgehead atoms. The summed E-state index contributed by atoms with van der Waals surface area (Å²) >= 11 is 0. The zero-order valence-corrected chi connectivity index (χ0v) is 11.1. The normalized spacial score (nSPS) is 11.6. The zero-order valence-electron chi connectivity index (χ0n) is 11.1. The van der Waals surface area contributed by atoms with Gasteiger partial charge in [0.2, 0.25) is 0 Å². The second-order valence-corrected chi connectivity index (χ2v) is 5.13. The molecule has 0 amide bonds. The van der Waals surface area contributed by atoms with Crippen LogP contribution in [-0.4, -0.2) is 30.1 Å². The van der Waals surface area contributed by atoms with Crippen molar-refractivity contribution in [2.24, 2.45) is 11.1 Å². The van der Waals surface area contributed by atoms with Crippen LogP contribution in [0.1, 0.15) is 26.6 Å². The van der Waals surface area contributed by atoms with E-state index < -0.39 is 0 Å². The second-order valence-electron chi connectivity index (χ2n) is 5.13. The molecule has 0 aliphatic heterocycles. The van der Waals surface area contributed by atoms with Crippen molar-refractivity contribution in [1.29, 1.82) is 0 Å². The highest BCUT2D eigenvalue weighted by molar-refractivity contribution is 5.36. The minimum atomic E-state index is -0.107. The molecule has 3 N–H and O–H groups in total. The first-order chi connectivity index (χ1) is 7.88. The van der Waals surface area contributed by atoms with Crippen molar-refractivity contribution in [3.8, 4) is 0 Å². The fourth-order valence-corrected chi connectivity index (χ4v) is 1.64. The Morgan fingerprint density at radius 2 is 2.18 bits per heavy atom. The Labute approximate surface area is 102 Å². The highest BCUT2D eigenvalue weighted by Crippen LogP contribution is 2.17. The predicted octanol–water partition coefficient (Wildman–Crippen LogP) is 0.753. The van der Waals surface area contributed by atoms with E-state index in [1.165, 1.54) is 6.07 Å². The number of anilines is 1. The summed E-state index contributed by atoms with van der Waals surface area (Å²) in [5.74, 6) is 1.41. The average molecular weight is 238 g/mol. The number of aromatic nitrogens is 2. The van der Waals surface area contributed by atoms with E-state index in [1.54, 1.807) is 0 Å². The fourth-order valence-electron chi connectivity index (χ4n) is 1.64. The van der Waals surface area contributed by atoms with E-state index in [4.69, 9.17) is 5.73 Å². The van der Waals surface area contributed by atoms with Crippen LogP contribution in [-0.2, 0) is 6.42 Å². The van der Waals surface area contributed by atoms with E-state index >= 15 is 0 Å². The maximum atomic E-state index is 11.5. The number of H-pyrrole nitrogens is 1. The van der Waals surface area contributed by atoms with Gasteiger partial charge in [-0.05, 0) is 12.0 Å². The van der Waals surface area contributed by atoms with Gasteiger partial charge in [-0.1, -0.05) is 20.8 Å². The maximum Gasteiger partial charge on any atom is 0.252 e. The lowest BCUT2D eigenvalue weighted by molar-refractivity contribution is 0.384. The van der Waals surface area contributed by atoms with Crippen LogP contribution in [0.5, 0.6) is 0 Å². The van der Waals surface area contributed by atoms with Gasteiger partial charge in [-0.2, -0.15) is 0 Å². The molecule has 0 aliphatic rings. The summed E-state index contributed by atoms with van der Waals surface area (Å²) in [6.45, 7) is 7.52. The SMILES string of the molecule is CCc1nc(N(C)CC(C)(C)CN)cc(=O)[nH]1. The Hall–Kier alpha value is -1.36. The molecule has 0 aromatic carbocycles. The monoisotopic (exact) mass is 238 g/mol. The molecule has 96 valence electrons. The molecule has 1 aromatic rings. The lowest BCUT2D eigenvalue weighted by Gasteiger charge is -2.29. The topological polar surface area (TPSA) is 75.0 Å². The van der Waals surface area contributed by atoms with Crippen molar-refractivity contribution in [2.45, 2.75) is 27.2 Å². The summed E-state index contributed by atoms with van der Waals surface area (Å²) in [6, 6.07) is 1.52. The quantitative estimate of drug-likeness (QED) is 0.794. The van der Waals surface area contributed by atoms with Gasteiger partial charge in [0.1, 0.15) is 11.6 Å². The van der Waals surface area contributed by atoms with Gasteiger partial charge in [-0.25, -0.2) is 4.98 Å². The lowest BCUT2D eigenvalue weighted by Crippen LogP contribution is -2.37. The number of nitrogens with zero attached hydrogens (tertiary/aromatic N) is 2. The Kier molecular flexibility index (Phi) is 4.28. The van der Waals surface area contributed by atoms with E-state index in [-0.39, 0.29) is 11.0 Å². The molecule has 0 fully saturated rings. The number of rotatable bonds is 5. The van der Waals surface area contributed by atoms with Gasteiger partial charge in [0, 0.05) is 26.1 Å². The van der Waals surface area contributed by atoms with Gasteiger partial charge in [-0.3, -0.25) is 4.79 Å². The zero-order chi connectivity index (χ0) is 13.1. The van der Waals surface area contributed by atoms with Crippen LogP contribution in [0.3, 0.4) is 0 Å². The number of hydrogen-bond acceptors (Lipinski definition) is 4. The smallest absolute Gasteiger partial charge is 0.252 e. The number of nitrogens with one attached hydrogen (secondary N) is 1. The van der Waals surface area contributed by atoms with Crippen LogP contribution in [0, 0.1) is 5.41 Å². The summed E-state index contributed by atoms with van der Waals surface area (Å²) in [5, 5.41) is 0. The van der Waals surface area contributed by atoms with Crippen LogP contribution < -0.4 is 16.2 Å². The molecule has 1 rings (SSSR count). The molecule has 0 atom stereocenters. The van der Waals surface area contributed by atoms with Crippen molar-refractivity contribution < 1.29 is 0 Å². The van der Waals surface area contributed by atoms with E-state index in [1.807, 2.05) is 18.9 Å². The molecular weight excluding hydrogens is 216 g/mol. The van der Waals surface area contributed by atoms with E-state index in [9.17, 15) is 4.79 Å². The van der Waals surface area contributed by atoms with Crippen LogP contribution in [0.2, 0.25) is 0 Å². The van der Waals surface area contributed by atoms with Crippen molar-refractivity contribution >= 4 is 5.82 Å². The first-order valence-electron chi connectivity index (χ1n) is 5.89. The molecule has 0 aliphatic carbocycles. The third-order valence-electron chi connectivity index (χ3n) is 2.72. The molecule has 1 heterocycles. The molecule has 5 nitrogen and oxygen atoms in total. The molecule has 1 aromatic heterocycles. The molecule has 17 heavy (non-hydrogen) atoms. The summed E-state index contributed by atoms with van der Waals surface area (Å²) in [7, 11) is 1.93. The number of hydrogen-bond donors (Lipinski definition) is 2. The highest BCUT2D eigenvalue weighted by atomic mass is 16.1. The Morgan fingerprint density at radius 1 is 1.53 bits per heavy atom. The van der Waals surface area contributed by atoms with E-state index in [0.717, 1.165) is 13.0 Å². The van der Waals surface area contributed by atoms with Crippen LogP contribution in [0.15, 0.2) is 10.9 Å². The van der Waals surface area contributed by atoms with Crippen LogP contribution >= 0.6 is 0 Å². The average Bonchev–Trinajstić information content (AvgIpc) is 2.27. The summed E-state index contributed by atoms with van der Waals surface area (Å²) in [5.41, 5.74) is 5.60. The van der Waals surface area contributed by atoms with Crippen LogP contribution in [0.4, 0.5) is 5.82 Å².